The average molecular weight is 395 g/mol. The zero-order valence-corrected chi connectivity index (χ0v) is 14.4. The Bertz CT molecular complexity index is 403. The van der Waals surface area contributed by atoms with Crippen molar-refractivity contribution in [2.24, 2.45) is 0 Å². The first-order chi connectivity index (χ1) is 8.72. The van der Waals surface area contributed by atoms with Gasteiger partial charge in [0, 0.05) is 29.5 Å². The number of rotatable bonds is 4. The maximum Gasteiger partial charge on any atom is 0.144 e. The third-order valence-electron chi connectivity index (χ3n) is 2.75. The van der Waals surface area contributed by atoms with Crippen LogP contribution in [0.3, 0.4) is 0 Å². The minimum Gasteiger partial charge on any atom is -0.369 e. The molecule has 6 heteroatoms. The van der Waals surface area contributed by atoms with Crippen molar-refractivity contribution in [3.63, 3.8) is 0 Å². The van der Waals surface area contributed by atoms with Gasteiger partial charge in [-0.15, -0.1) is 11.8 Å². The number of halogens is 1. The van der Waals surface area contributed by atoms with Gasteiger partial charge in [0.25, 0.3) is 0 Å². The van der Waals surface area contributed by atoms with Gasteiger partial charge in [-0.25, -0.2) is 9.97 Å². The predicted molar refractivity (Wildman–Crippen MR) is 90.6 cm³/mol. The van der Waals surface area contributed by atoms with Crippen LogP contribution >= 0.6 is 46.1 Å². The van der Waals surface area contributed by atoms with Crippen molar-refractivity contribution in [1.82, 2.24) is 9.97 Å². The third-order valence-corrected chi connectivity index (χ3v) is 6.62. The van der Waals surface area contributed by atoms with Crippen molar-refractivity contribution in [3.05, 3.63) is 15.6 Å². The Hall–Kier alpha value is 0.310. The zero-order valence-electron chi connectivity index (χ0n) is 10.6. The highest BCUT2D eigenvalue weighted by molar-refractivity contribution is 14.1. The van der Waals surface area contributed by atoms with Crippen LogP contribution < -0.4 is 5.32 Å². The Morgan fingerprint density at radius 1 is 1.44 bits per heavy atom. The molecule has 2 unspecified atom stereocenters. The van der Waals surface area contributed by atoms with Gasteiger partial charge in [0.05, 0.1) is 8.82 Å². The highest BCUT2D eigenvalue weighted by Gasteiger charge is 2.26. The molecule has 2 heterocycles. The highest BCUT2D eigenvalue weighted by atomic mass is 127. The molecule has 1 aliphatic rings. The van der Waals surface area contributed by atoms with Gasteiger partial charge in [-0.1, -0.05) is 13.8 Å². The zero-order chi connectivity index (χ0) is 13.0. The third kappa shape index (κ3) is 3.66. The summed E-state index contributed by atoms with van der Waals surface area (Å²) in [4.78, 5) is 9.25. The van der Waals surface area contributed by atoms with Gasteiger partial charge in [-0.05, 0) is 29.0 Å². The van der Waals surface area contributed by atoms with E-state index >= 15 is 0 Å². The lowest BCUT2D eigenvalue weighted by Crippen LogP contribution is -2.19. The molecule has 1 saturated heterocycles. The Morgan fingerprint density at radius 2 is 2.22 bits per heavy atom. The van der Waals surface area contributed by atoms with Gasteiger partial charge in [0.2, 0.25) is 0 Å². The van der Waals surface area contributed by atoms with E-state index in [1.165, 1.54) is 11.5 Å². The minimum absolute atomic E-state index is 0.433. The number of nitrogens with one attached hydrogen (secondary N) is 1. The molecule has 18 heavy (non-hydrogen) atoms. The summed E-state index contributed by atoms with van der Waals surface area (Å²) in [6, 6.07) is 0. The lowest BCUT2D eigenvalue weighted by molar-refractivity contribution is 0.818. The second kappa shape index (κ2) is 7.19. The van der Waals surface area contributed by atoms with Crippen molar-refractivity contribution in [2.75, 3.05) is 23.4 Å². The van der Waals surface area contributed by atoms with Gasteiger partial charge < -0.3 is 5.32 Å². The van der Waals surface area contributed by atoms with Crippen LogP contribution in [0.25, 0.3) is 0 Å². The topological polar surface area (TPSA) is 37.8 Å². The molecule has 0 radical (unpaired) electrons. The Balaban J connectivity index is 2.17. The number of nitrogens with zero attached hydrogens (tertiary/aromatic N) is 2. The van der Waals surface area contributed by atoms with Gasteiger partial charge in [-0.2, -0.15) is 11.8 Å². The van der Waals surface area contributed by atoms with Crippen molar-refractivity contribution < 1.29 is 0 Å². The standard InChI is InChI=1S/C12H18IN3S2/c1-3-4-14-11-9(13)7-15-12(16-11)10-8(2)17-5-6-18-10/h7-8,10H,3-6H2,1-2H3,(H,14,15,16). The fourth-order valence-corrected chi connectivity index (χ4v) is 4.95. The molecular weight excluding hydrogens is 377 g/mol. The molecule has 1 N–H and O–H groups in total. The van der Waals surface area contributed by atoms with Crippen LogP contribution in [-0.4, -0.2) is 33.3 Å². The molecule has 1 fully saturated rings. The van der Waals surface area contributed by atoms with Gasteiger partial charge in [-0.3, -0.25) is 0 Å². The van der Waals surface area contributed by atoms with Crippen LogP contribution in [0.1, 0.15) is 31.3 Å². The first-order valence-corrected chi connectivity index (χ1v) is 9.39. The quantitative estimate of drug-likeness (QED) is 0.785. The van der Waals surface area contributed by atoms with Crippen molar-refractivity contribution in [2.45, 2.75) is 30.8 Å². The fourth-order valence-electron chi connectivity index (χ4n) is 1.80. The molecule has 0 aliphatic carbocycles. The first kappa shape index (κ1) is 14.7. The Morgan fingerprint density at radius 3 is 2.94 bits per heavy atom. The molecule has 100 valence electrons. The van der Waals surface area contributed by atoms with Crippen LogP contribution in [0, 0.1) is 3.57 Å². The number of hydrogen-bond acceptors (Lipinski definition) is 5. The van der Waals surface area contributed by atoms with E-state index in [2.05, 4.69) is 46.7 Å². The fraction of sp³-hybridized carbons (Fsp3) is 0.667. The first-order valence-electron chi connectivity index (χ1n) is 6.22. The number of anilines is 1. The summed E-state index contributed by atoms with van der Waals surface area (Å²) in [6.45, 7) is 5.41. The second-order valence-electron chi connectivity index (χ2n) is 4.22. The normalized spacial score (nSPS) is 23.9. The van der Waals surface area contributed by atoms with Crippen LogP contribution in [0.2, 0.25) is 0 Å². The van der Waals surface area contributed by atoms with Crippen molar-refractivity contribution >= 4 is 51.9 Å². The molecule has 1 aromatic rings. The molecule has 0 aromatic carbocycles. The van der Waals surface area contributed by atoms with E-state index < -0.39 is 0 Å². The maximum atomic E-state index is 4.72. The summed E-state index contributed by atoms with van der Waals surface area (Å²) >= 11 is 6.31. The van der Waals surface area contributed by atoms with Gasteiger partial charge in [0.15, 0.2) is 0 Å². The smallest absolute Gasteiger partial charge is 0.144 e. The Labute approximate surface area is 131 Å². The molecule has 1 aliphatic heterocycles. The molecule has 1 aromatic heterocycles. The average Bonchev–Trinajstić information content (AvgIpc) is 2.39. The second-order valence-corrected chi connectivity index (χ2v) is 8.12. The molecule has 2 atom stereocenters. The van der Waals surface area contributed by atoms with E-state index in [9.17, 15) is 0 Å². The minimum atomic E-state index is 0.433. The van der Waals surface area contributed by atoms with E-state index in [-0.39, 0.29) is 0 Å². The molecule has 0 spiro atoms. The summed E-state index contributed by atoms with van der Waals surface area (Å²) in [7, 11) is 0. The molecule has 0 saturated carbocycles. The summed E-state index contributed by atoms with van der Waals surface area (Å²) in [5.41, 5.74) is 0. The van der Waals surface area contributed by atoms with Crippen LogP contribution in [0.5, 0.6) is 0 Å². The molecule has 2 rings (SSSR count). The summed E-state index contributed by atoms with van der Waals surface area (Å²) < 4.78 is 1.10. The SMILES string of the molecule is CCCNc1nc(C2SCCSC2C)ncc1I. The van der Waals surface area contributed by atoms with Crippen LogP contribution in [0.15, 0.2) is 6.20 Å². The van der Waals surface area contributed by atoms with E-state index in [0.29, 0.717) is 10.5 Å². The van der Waals surface area contributed by atoms with Gasteiger partial charge in [0.1, 0.15) is 11.6 Å². The Kier molecular flexibility index (Phi) is 5.88. The lowest BCUT2D eigenvalue weighted by atomic mass is 10.3. The van der Waals surface area contributed by atoms with E-state index in [1.807, 2.05) is 29.7 Å². The summed E-state index contributed by atoms with van der Waals surface area (Å²) in [5.74, 6) is 4.42. The monoisotopic (exact) mass is 395 g/mol. The van der Waals surface area contributed by atoms with E-state index in [0.717, 1.165) is 28.2 Å². The number of aromatic nitrogens is 2. The summed E-state index contributed by atoms with van der Waals surface area (Å²) in [6.07, 6.45) is 3.05. The van der Waals surface area contributed by atoms with Crippen molar-refractivity contribution in [3.8, 4) is 0 Å². The summed E-state index contributed by atoms with van der Waals surface area (Å²) in [5, 5.41) is 4.42. The molecule has 0 bridgehead atoms. The largest absolute Gasteiger partial charge is 0.369 e. The highest BCUT2D eigenvalue weighted by Crippen LogP contribution is 2.41. The molecule has 0 amide bonds. The lowest BCUT2D eigenvalue weighted by Gasteiger charge is -2.26. The van der Waals surface area contributed by atoms with Gasteiger partial charge >= 0.3 is 0 Å². The van der Waals surface area contributed by atoms with Crippen LogP contribution in [0.4, 0.5) is 5.82 Å². The molecular formula is C12H18IN3S2. The maximum absolute atomic E-state index is 4.72. The van der Waals surface area contributed by atoms with Crippen LogP contribution in [-0.2, 0) is 0 Å². The number of hydrogen-bond donors (Lipinski definition) is 1. The van der Waals surface area contributed by atoms with Crippen molar-refractivity contribution in [1.29, 1.82) is 0 Å². The number of thioether (sulfide) groups is 2. The van der Waals surface area contributed by atoms with E-state index in [1.54, 1.807) is 0 Å². The predicted octanol–water partition coefficient (Wildman–Crippen LogP) is 3.81. The molecule has 3 nitrogen and oxygen atoms in total. The van der Waals surface area contributed by atoms with E-state index in [4.69, 9.17) is 4.98 Å².